The smallest absolute Gasteiger partial charge is 0.141 e. The SMILES string of the molecule is O=C1Cc2c(Br)cc(Cl)c(O)c2C1. The van der Waals surface area contributed by atoms with Gasteiger partial charge in [-0.2, -0.15) is 0 Å². The number of hydrogen-bond donors (Lipinski definition) is 1. The molecule has 0 aliphatic heterocycles. The number of phenolic OH excluding ortho intramolecular Hbond substituents is 1. The van der Waals surface area contributed by atoms with E-state index in [1.54, 1.807) is 6.07 Å². The van der Waals surface area contributed by atoms with E-state index in [2.05, 4.69) is 15.9 Å². The van der Waals surface area contributed by atoms with Crippen LogP contribution in [-0.4, -0.2) is 10.9 Å². The third-order valence-electron chi connectivity index (χ3n) is 2.17. The normalized spacial score (nSPS) is 14.8. The summed E-state index contributed by atoms with van der Waals surface area (Å²) in [6, 6.07) is 1.62. The number of rotatable bonds is 0. The number of carbonyl (C=O) groups is 1. The van der Waals surface area contributed by atoms with Crippen LogP contribution in [-0.2, 0) is 17.6 Å². The van der Waals surface area contributed by atoms with Crippen LogP contribution in [0.4, 0.5) is 0 Å². The lowest BCUT2D eigenvalue weighted by Gasteiger charge is -2.05. The molecule has 0 atom stereocenters. The molecule has 1 aromatic rings. The first kappa shape index (κ1) is 9.03. The first-order chi connectivity index (χ1) is 6.09. The Labute approximate surface area is 88.6 Å². The Bertz CT molecular complexity index is 401. The number of carbonyl (C=O) groups excluding carboxylic acids is 1. The summed E-state index contributed by atoms with van der Waals surface area (Å²) in [4.78, 5) is 11.1. The van der Waals surface area contributed by atoms with E-state index in [9.17, 15) is 9.90 Å². The van der Waals surface area contributed by atoms with Gasteiger partial charge in [0.1, 0.15) is 11.5 Å². The quantitative estimate of drug-likeness (QED) is 0.779. The van der Waals surface area contributed by atoms with Crippen molar-refractivity contribution in [2.45, 2.75) is 12.8 Å². The molecule has 0 bridgehead atoms. The van der Waals surface area contributed by atoms with Crippen LogP contribution in [0.15, 0.2) is 10.5 Å². The van der Waals surface area contributed by atoms with Crippen LogP contribution in [0.1, 0.15) is 11.1 Å². The van der Waals surface area contributed by atoms with Crippen LogP contribution in [0.2, 0.25) is 5.02 Å². The van der Waals surface area contributed by atoms with Crippen molar-refractivity contribution in [1.29, 1.82) is 0 Å². The molecular formula is C9H6BrClO2. The highest BCUT2D eigenvalue weighted by molar-refractivity contribution is 9.10. The van der Waals surface area contributed by atoms with Gasteiger partial charge in [0.15, 0.2) is 0 Å². The maximum atomic E-state index is 11.1. The van der Waals surface area contributed by atoms with Gasteiger partial charge in [-0.05, 0) is 11.6 Å². The number of fused-ring (bicyclic) bond motifs is 1. The molecule has 1 N–H and O–H groups in total. The number of Topliss-reactive ketones (excluding diaryl/α,β-unsaturated/α-hetero) is 1. The standard InChI is InChI=1S/C9H6BrClO2/c10-7-3-8(11)9(13)6-2-4(12)1-5(6)7/h3,13H,1-2H2. The lowest BCUT2D eigenvalue weighted by Crippen LogP contribution is -1.92. The van der Waals surface area contributed by atoms with Crippen molar-refractivity contribution in [2.24, 2.45) is 0 Å². The van der Waals surface area contributed by atoms with E-state index in [0.717, 1.165) is 10.0 Å². The highest BCUT2D eigenvalue weighted by Gasteiger charge is 2.25. The number of halogens is 2. The Balaban J connectivity index is 2.69. The van der Waals surface area contributed by atoms with E-state index in [1.807, 2.05) is 0 Å². The van der Waals surface area contributed by atoms with Crippen LogP contribution < -0.4 is 0 Å². The topological polar surface area (TPSA) is 37.3 Å². The van der Waals surface area contributed by atoms with E-state index in [1.165, 1.54) is 0 Å². The maximum Gasteiger partial charge on any atom is 0.141 e. The van der Waals surface area contributed by atoms with E-state index in [0.29, 0.717) is 23.4 Å². The molecule has 0 amide bonds. The third-order valence-corrected chi connectivity index (χ3v) is 3.16. The summed E-state index contributed by atoms with van der Waals surface area (Å²) in [7, 11) is 0. The van der Waals surface area contributed by atoms with Gasteiger partial charge >= 0.3 is 0 Å². The van der Waals surface area contributed by atoms with Crippen molar-refractivity contribution in [3.8, 4) is 5.75 Å². The molecule has 1 aliphatic carbocycles. The largest absolute Gasteiger partial charge is 0.506 e. The molecular weight excluding hydrogens is 255 g/mol. The van der Waals surface area contributed by atoms with Gasteiger partial charge in [-0.25, -0.2) is 0 Å². The fourth-order valence-corrected chi connectivity index (χ4v) is 2.50. The van der Waals surface area contributed by atoms with E-state index in [-0.39, 0.29) is 11.5 Å². The number of hydrogen-bond acceptors (Lipinski definition) is 2. The van der Waals surface area contributed by atoms with Crippen LogP contribution in [0.3, 0.4) is 0 Å². The van der Waals surface area contributed by atoms with E-state index >= 15 is 0 Å². The van der Waals surface area contributed by atoms with Crippen molar-refractivity contribution in [2.75, 3.05) is 0 Å². The second kappa shape index (κ2) is 3.00. The number of benzene rings is 1. The molecule has 0 heterocycles. The fourth-order valence-electron chi connectivity index (χ4n) is 1.54. The molecule has 0 radical (unpaired) electrons. The minimum atomic E-state index is 0.0470. The van der Waals surface area contributed by atoms with E-state index < -0.39 is 0 Å². The Morgan fingerprint density at radius 2 is 2.00 bits per heavy atom. The Morgan fingerprint density at radius 1 is 1.38 bits per heavy atom. The highest BCUT2D eigenvalue weighted by Crippen LogP contribution is 2.39. The number of ketones is 1. The summed E-state index contributed by atoms with van der Waals surface area (Å²) < 4.78 is 0.802. The van der Waals surface area contributed by atoms with E-state index in [4.69, 9.17) is 11.6 Å². The molecule has 0 saturated heterocycles. The van der Waals surface area contributed by atoms with Gasteiger partial charge in [-0.1, -0.05) is 27.5 Å². The fraction of sp³-hybridized carbons (Fsp3) is 0.222. The molecule has 1 aliphatic rings. The molecule has 0 spiro atoms. The van der Waals surface area contributed by atoms with Crippen molar-refractivity contribution in [3.63, 3.8) is 0 Å². The Kier molecular flexibility index (Phi) is 2.08. The summed E-state index contributed by atoms with van der Waals surface area (Å²) in [5, 5.41) is 9.85. The van der Waals surface area contributed by atoms with Gasteiger partial charge in [0.2, 0.25) is 0 Å². The van der Waals surface area contributed by atoms with Crippen LogP contribution >= 0.6 is 27.5 Å². The molecule has 2 nitrogen and oxygen atoms in total. The summed E-state index contributed by atoms with van der Waals surface area (Å²) in [6.07, 6.45) is 0.682. The molecule has 4 heteroatoms. The summed E-state index contributed by atoms with van der Waals surface area (Å²) >= 11 is 9.07. The molecule has 0 fully saturated rings. The van der Waals surface area contributed by atoms with Gasteiger partial charge < -0.3 is 5.11 Å². The first-order valence-corrected chi connectivity index (χ1v) is 4.97. The molecule has 0 aromatic heterocycles. The Hall–Kier alpha value is -0.540. The molecule has 68 valence electrons. The first-order valence-electron chi connectivity index (χ1n) is 3.80. The monoisotopic (exact) mass is 260 g/mol. The van der Waals surface area contributed by atoms with Crippen LogP contribution in [0.5, 0.6) is 5.75 Å². The second-order valence-electron chi connectivity index (χ2n) is 3.04. The summed E-state index contributed by atoms with van der Waals surface area (Å²) in [6.45, 7) is 0. The van der Waals surface area contributed by atoms with Gasteiger partial charge in [0.05, 0.1) is 5.02 Å². The van der Waals surface area contributed by atoms with Crippen molar-refractivity contribution < 1.29 is 9.90 Å². The zero-order chi connectivity index (χ0) is 9.59. The third kappa shape index (κ3) is 1.36. The lowest BCUT2D eigenvalue weighted by molar-refractivity contribution is -0.117. The maximum absolute atomic E-state index is 11.1. The zero-order valence-electron chi connectivity index (χ0n) is 6.60. The molecule has 13 heavy (non-hydrogen) atoms. The van der Waals surface area contributed by atoms with Crippen LogP contribution in [0, 0.1) is 0 Å². The lowest BCUT2D eigenvalue weighted by atomic mass is 10.1. The minimum Gasteiger partial charge on any atom is -0.506 e. The highest BCUT2D eigenvalue weighted by atomic mass is 79.9. The van der Waals surface area contributed by atoms with Crippen LogP contribution in [0.25, 0.3) is 0 Å². The number of phenols is 1. The summed E-state index contributed by atoms with van der Waals surface area (Å²) in [5.74, 6) is 0.166. The zero-order valence-corrected chi connectivity index (χ0v) is 8.94. The van der Waals surface area contributed by atoms with Gasteiger partial charge in [-0.3, -0.25) is 4.79 Å². The molecule has 0 unspecified atom stereocenters. The average molecular weight is 262 g/mol. The predicted octanol–water partition coefficient (Wildman–Crippen LogP) is 2.48. The summed E-state index contributed by atoms with van der Waals surface area (Å²) in [5.41, 5.74) is 1.54. The minimum absolute atomic E-state index is 0.0470. The van der Waals surface area contributed by atoms with Gasteiger partial charge in [0, 0.05) is 22.9 Å². The average Bonchev–Trinajstić information content (AvgIpc) is 2.44. The van der Waals surface area contributed by atoms with Gasteiger partial charge in [0.25, 0.3) is 0 Å². The van der Waals surface area contributed by atoms with Crippen molar-refractivity contribution in [3.05, 3.63) is 26.7 Å². The molecule has 1 aromatic carbocycles. The van der Waals surface area contributed by atoms with Gasteiger partial charge in [-0.15, -0.1) is 0 Å². The number of aromatic hydroxyl groups is 1. The van der Waals surface area contributed by atoms with Crippen molar-refractivity contribution >= 4 is 33.3 Å². The Morgan fingerprint density at radius 3 is 2.69 bits per heavy atom. The van der Waals surface area contributed by atoms with Crippen molar-refractivity contribution in [1.82, 2.24) is 0 Å². The second-order valence-corrected chi connectivity index (χ2v) is 4.30. The predicted molar refractivity (Wildman–Crippen MR) is 53.2 cm³/mol. The molecule has 0 saturated carbocycles. The molecule has 2 rings (SSSR count).